The van der Waals surface area contributed by atoms with E-state index in [1.54, 1.807) is 97.1 Å². The summed E-state index contributed by atoms with van der Waals surface area (Å²) in [5.41, 5.74) is 4.60. The number of nitro benzene ring substituents is 1. The number of aromatic hydroxyl groups is 4. The van der Waals surface area contributed by atoms with E-state index in [1.807, 2.05) is 18.2 Å². The third-order valence-electron chi connectivity index (χ3n) is 9.35. The van der Waals surface area contributed by atoms with Crippen molar-refractivity contribution in [3.05, 3.63) is 264 Å². The van der Waals surface area contributed by atoms with Crippen LogP contribution in [0.1, 0.15) is 69.2 Å². The van der Waals surface area contributed by atoms with E-state index in [0.29, 0.717) is 55.1 Å². The molecule has 0 saturated heterocycles. The van der Waals surface area contributed by atoms with Crippen LogP contribution in [0.5, 0.6) is 23.0 Å². The molecule has 0 atom stereocenters. The second kappa shape index (κ2) is 23.8. The maximum Gasteiger partial charge on any atom is 0.269 e. The lowest BCUT2D eigenvalue weighted by atomic mass is 10.0. The third-order valence-corrected chi connectivity index (χ3v) is 10.1. The van der Waals surface area contributed by atoms with Gasteiger partial charge in [-0.2, -0.15) is 5.26 Å². The van der Waals surface area contributed by atoms with Crippen LogP contribution in [0.15, 0.2) is 199 Å². The normalized spacial score (nSPS) is 9.93. The van der Waals surface area contributed by atoms with Crippen molar-refractivity contribution in [2.75, 3.05) is 0 Å². The number of non-ortho nitro benzene ring substituents is 1. The van der Waals surface area contributed by atoms with Crippen molar-refractivity contribution in [1.29, 1.82) is 5.26 Å². The zero-order chi connectivity index (χ0) is 48.5. The van der Waals surface area contributed by atoms with Gasteiger partial charge in [0.2, 0.25) is 0 Å². The number of carbonyl (C=O) groups excluding carboxylic acids is 4. The fourth-order valence-corrected chi connectivity index (χ4v) is 6.14. The first-order valence-corrected chi connectivity index (χ1v) is 20.9. The lowest BCUT2D eigenvalue weighted by Crippen LogP contribution is -2.01. The largest absolute Gasteiger partial charge is 0.508 e. The molecular weight excluding hydrogens is 940 g/mol. The Morgan fingerprint density at radius 3 is 0.896 bits per heavy atom. The van der Waals surface area contributed by atoms with Crippen LogP contribution in [-0.4, -0.2) is 48.5 Å². The summed E-state index contributed by atoms with van der Waals surface area (Å²) in [7, 11) is 0. The molecule has 8 aromatic rings. The molecule has 8 aromatic carbocycles. The molecule has 0 spiro atoms. The first-order chi connectivity index (χ1) is 32.1. The van der Waals surface area contributed by atoms with Crippen LogP contribution >= 0.6 is 27.5 Å². The molecule has 0 unspecified atom stereocenters. The second-order valence-corrected chi connectivity index (χ2v) is 15.4. The summed E-state index contributed by atoms with van der Waals surface area (Å²) in [4.78, 5) is 57.9. The summed E-state index contributed by atoms with van der Waals surface area (Å²) in [6, 6.07) is 52.0. The Labute approximate surface area is 397 Å². The van der Waals surface area contributed by atoms with Gasteiger partial charge >= 0.3 is 0 Å². The molecule has 0 aromatic heterocycles. The van der Waals surface area contributed by atoms with Gasteiger partial charge in [0.1, 0.15) is 23.0 Å². The molecule has 0 bridgehead atoms. The van der Waals surface area contributed by atoms with E-state index in [9.17, 15) is 29.3 Å². The van der Waals surface area contributed by atoms with Gasteiger partial charge in [-0.05, 0) is 182 Å². The number of nitrogens with zero attached hydrogens (tertiary/aromatic N) is 2. The van der Waals surface area contributed by atoms with E-state index in [2.05, 4.69) is 15.9 Å². The molecule has 0 fully saturated rings. The minimum atomic E-state index is -0.519. The number of phenols is 4. The molecule has 4 N–H and O–H groups in total. The van der Waals surface area contributed by atoms with Crippen LogP contribution in [0.25, 0.3) is 0 Å². The van der Waals surface area contributed by atoms with Gasteiger partial charge in [-0.1, -0.05) is 27.5 Å². The van der Waals surface area contributed by atoms with Crippen LogP contribution in [0.3, 0.4) is 0 Å². The molecule has 0 aliphatic rings. The van der Waals surface area contributed by atoms with Gasteiger partial charge in [-0.15, -0.1) is 0 Å². The number of hydrogen-bond acceptors (Lipinski definition) is 11. The number of nitro groups is 1. The molecule has 12 nitrogen and oxygen atoms in total. The highest BCUT2D eigenvalue weighted by Crippen LogP contribution is 2.20. The van der Waals surface area contributed by atoms with Gasteiger partial charge in [0.25, 0.3) is 5.69 Å². The van der Waals surface area contributed by atoms with Gasteiger partial charge in [0.05, 0.1) is 16.6 Å². The number of halogens is 2. The van der Waals surface area contributed by atoms with Crippen molar-refractivity contribution in [2.24, 2.45) is 0 Å². The van der Waals surface area contributed by atoms with Crippen molar-refractivity contribution in [3.8, 4) is 29.1 Å². The number of ketones is 4. The number of rotatable bonds is 9. The monoisotopic (exact) mass is 974 g/mol. The summed E-state index contributed by atoms with van der Waals surface area (Å²) in [6.07, 6.45) is 0. The molecule has 332 valence electrons. The first-order valence-electron chi connectivity index (χ1n) is 19.7. The van der Waals surface area contributed by atoms with Gasteiger partial charge in [-0.25, -0.2) is 0 Å². The number of hydrogen-bond donors (Lipinski definition) is 4. The summed E-state index contributed by atoms with van der Waals surface area (Å²) in [6.45, 7) is 0. The van der Waals surface area contributed by atoms with Crippen molar-refractivity contribution < 1.29 is 44.5 Å². The van der Waals surface area contributed by atoms with Crippen LogP contribution in [0.4, 0.5) is 5.69 Å². The van der Waals surface area contributed by atoms with Crippen LogP contribution < -0.4 is 0 Å². The fourth-order valence-electron chi connectivity index (χ4n) is 5.75. The Balaban J connectivity index is 0.000000167. The van der Waals surface area contributed by atoms with E-state index >= 15 is 0 Å². The molecule has 8 rings (SSSR count). The highest BCUT2D eigenvalue weighted by atomic mass is 79.9. The van der Waals surface area contributed by atoms with Crippen LogP contribution in [0.2, 0.25) is 5.02 Å². The van der Waals surface area contributed by atoms with E-state index in [-0.39, 0.29) is 51.8 Å². The molecule has 0 aliphatic heterocycles. The zero-order valence-electron chi connectivity index (χ0n) is 34.9. The lowest BCUT2D eigenvalue weighted by molar-refractivity contribution is -0.384. The summed E-state index contributed by atoms with van der Waals surface area (Å²) >= 11 is 9.05. The predicted octanol–water partition coefficient (Wildman–Crippen LogP) is 11.7. The van der Waals surface area contributed by atoms with Gasteiger partial charge in [-0.3, -0.25) is 29.3 Å². The molecule has 67 heavy (non-hydrogen) atoms. The Morgan fingerprint density at radius 2 is 0.642 bits per heavy atom. The van der Waals surface area contributed by atoms with E-state index in [4.69, 9.17) is 37.3 Å². The first kappa shape index (κ1) is 49.3. The van der Waals surface area contributed by atoms with Crippen LogP contribution in [-0.2, 0) is 0 Å². The van der Waals surface area contributed by atoms with Gasteiger partial charge < -0.3 is 20.4 Å². The number of nitriles is 1. The fraction of sp³-hybridized carbons (Fsp3) is 0. The second-order valence-electron chi connectivity index (χ2n) is 14.0. The summed E-state index contributed by atoms with van der Waals surface area (Å²) in [5.74, 6) is 0.000180. The average Bonchev–Trinajstić information content (AvgIpc) is 3.35. The molecule has 0 amide bonds. The molecule has 14 heteroatoms. The van der Waals surface area contributed by atoms with Crippen LogP contribution in [0, 0.1) is 21.4 Å². The zero-order valence-corrected chi connectivity index (χ0v) is 37.2. The smallest absolute Gasteiger partial charge is 0.269 e. The van der Waals surface area contributed by atoms with Crippen molar-refractivity contribution >= 4 is 56.4 Å². The van der Waals surface area contributed by atoms with Gasteiger partial charge in [0, 0.05) is 66.1 Å². The summed E-state index contributed by atoms with van der Waals surface area (Å²) < 4.78 is 0.940. The van der Waals surface area contributed by atoms with E-state index in [1.165, 1.54) is 84.9 Å². The lowest BCUT2D eigenvalue weighted by Gasteiger charge is -2.01. The molecule has 0 saturated carbocycles. The third kappa shape index (κ3) is 14.7. The standard InChI is InChI=1S/C14H9NO2.C13H9BrO2.C13H9ClO2.C13H9NO4/c15-9-10-1-3-11(4-2-10)14(17)12-5-7-13(16)8-6-12;2*14-11-5-1-9(2-6-11)13(16)10-3-7-12(15)8-4-10;15-12-7-3-10(4-8-12)13(16)9-1-5-11(6-2-9)14(17)18/h1-8,16H;2*1-8,15H;1-8,15H. The minimum absolute atomic E-state index is 0.0486. The molecule has 0 heterocycles. The topological polar surface area (TPSA) is 216 Å². The SMILES string of the molecule is N#Cc1ccc(C(=O)c2ccc(O)cc2)cc1.O=C(c1ccc(O)cc1)c1ccc(Br)cc1.O=C(c1ccc(O)cc1)c1ccc(Cl)cc1.O=C(c1ccc(O)cc1)c1ccc([N+](=O)[O-])cc1. The average molecular weight is 976 g/mol. The van der Waals surface area contributed by atoms with Gasteiger partial charge in [0.15, 0.2) is 23.1 Å². The Kier molecular flexibility index (Phi) is 17.5. The molecule has 0 aliphatic carbocycles. The highest BCUT2D eigenvalue weighted by Gasteiger charge is 2.13. The van der Waals surface area contributed by atoms with Crippen molar-refractivity contribution in [3.63, 3.8) is 0 Å². The highest BCUT2D eigenvalue weighted by molar-refractivity contribution is 9.10. The minimum Gasteiger partial charge on any atom is -0.508 e. The number of benzene rings is 8. The van der Waals surface area contributed by atoms with E-state index in [0.717, 1.165) is 4.47 Å². The van der Waals surface area contributed by atoms with E-state index < -0.39 is 4.92 Å². The van der Waals surface area contributed by atoms with Crippen molar-refractivity contribution in [2.45, 2.75) is 0 Å². The maximum atomic E-state index is 12.0. The molecular formula is C53H36BrClN2O10. The summed E-state index contributed by atoms with van der Waals surface area (Å²) in [5, 5.41) is 56.2. The Morgan fingerprint density at radius 1 is 0.418 bits per heavy atom. The number of phenolic OH excluding ortho intramolecular Hbond substituents is 4. The predicted molar refractivity (Wildman–Crippen MR) is 256 cm³/mol. The number of carbonyl (C=O) groups is 4. The maximum absolute atomic E-state index is 12.0. The Hall–Kier alpha value is -8.70. The molecule has 0 radical (unpaired) electrons. The Bertz CT molecular complexity index is 2820. The quantitative estimate of drug-likeness (QED) is 0.0606. The van der Waals surface area contributed by atoms with Crippen molar-refractivity contribution in [1.82, 2.24) is 0 Å².